The van der Waals surface area contributed by atoms with Gasteiger partial charge in [-0.2, -0.15) is 0 Å². The van der Waals surface area contributed by atoms with Gasteiger partial charge >= 0.3 is 0 Å². The third-order valence-corrected chi connectivity index (χ3v) is 10.3. The molecule has 0 aliphatic carbocycles. The number of rotatable bonds is 4. The fraction of sp³-hybridized carbons (Fsp3) is 0.0213. The van der Waals surface area contributed by atoms with Crippen molar-refractivity contribution in [2.75, 3.05) is 0 Å². The van der Waals surface area contributed by atoms with E-state index in [1.54, 1.807) is 0 Å². The van der Waals surface area contributed by atoms with E-state index in [9.17, 15) is 0 Å². The number of hydrogen-bond acceptors (Lipinski definition) is 1. The molecular weight excluding hydrogens is 595 g/mol. The normalized spacial score (nSPS) is 13.2. The molecule has 0 bridgehead atoms. The summed E-state index contributed by atoms with van der Waals surface area (Å²) in [4.78, 5) is 0. The van der Waals surface area contributed by atoms with Gasteiger partial charge in [0.25, 0.3) is 0 Å². The molecule has 9 aromatic rings. The Morgan fingerprint density at radius 1 is 0.429 bits per heavy atom. The van der Waals surface area contributed by atoms with E-state index < -0.39 is 5.41 Å². The van der Waals surface area contributed by atoms with E-state index >= 15 is 0 Å². The average molecular weight is 626 g/mol. The van der Waals surface area contributed by atoms with Gasteiger partial charge in [0.1, 0.15) is 11.5 Å². The lowest BCUT2D eigenvalue weighted by molar-refractivity contribution is 0.434. The molecule has 0 radical (unpaired) electrons. The molecule has 49 heavy (non-hydrogen) atoms. The van der Waals surface area contributed by atoms with Gasteiger partial charge < -0.3 is 9.30 Å². The molecule has 0 amide bonds. The quantitative estimate of drug-likeness (QED) is 0.190. The van der Waals surface area contributed by atoms with Crippen LogP contribution >= 0.6 is 0 Å². The fourth-order valence-electron chi connectivity index (χ4n) is 8.31. The van der Waals surface area contributed by atoms with Crippen LogP contribution in [0.5, 0.6) is 11.5 Å². The summed E-state index contributed by atoms with van der Waals surface area (Å²) < 4.78 is 9.13. The van der Waals surface area contributed by atoms with Crippen LogP contribution in [-0.2, 0) is 5.41 Å². The topological polar surface area (TPSA) is 14.2 Å². The molecule has 1 aromatic heterocycles. The van der Waals surface area contributed by atoms with Crippen molar-refractivity contribution in [1.82, 2.24) is 4.57 Å². The predicted molar refractivity (Wildman–Crippen MR) is 202 cm³/mol. The van der Waals surface area contributed by atoms with Gasteiger partial charge in [0.15, 0.2) is 0 Å². The Hall–Kier alpha value is -6.38. The molecule has 2 heterocycles. The first-order chi connectivity index (χ1) is 24.3. The molecule has 0 fully saturated rings. The van der Waals surface area contributed by atoms with Crippen LogP contribution in [0.2, 0.25) is 0 Å². The Morgan fingerprint density at radius 3 is 1.86 bits per heavy atom. The number of nitrogens with zero attached hydrogens (tertiary/aromatic N) is 1. The molecule has 1 aliphatic rings. The molecule has 1 aliphatic heterocycles. The minimum absolute atomic E-state index is 0.577. The summed E-state index contributed by atoms with van der Waals surface area (Å²) in [6, 6.07) is 67.8. The summed E-state index contributed by atoms with van der Waals surface area (Å²) in [5.74, 6) is 1.76. The lowest BCUT2D eigenvalue weighted by atomic mass is 9.63. The highest BCUT2D eigenvalue weighted by molar-refractivity contribution is 6.24. The highest BCUT2D eigenvalue weighted by Crippen LogP contribution is 2.56. The van der Waals surface area contributed by atoms with Crippen LogP contribution in [-0.4, -0.2) is 4.57 Å². The van der Waals surface area contributed by atoms with Gasteiger partial charge in [0, 0.05) is 27.6 Å². The van der Waals surface area contributed by atoms with E-state index in [0.717, 1.165) is 33.9 Å². The van der Waals surface area contributed by atoms with E-state index in [0.29, 0.717) is 0 Å². The van der Waals surface area contributed by atoms with Crippen LogP contribution in [0, 0.1) is 0 Å². The van der Waals surface area contributed by atoms with Gasteiger partial charge in [-0.3, -0.25) is 0 Å². The lowest BCUT2D eigenvalue weighted by Crippen LogP contribution is -2.34. The van der Waals surface area contributed by atoms with Crippen LogP contribution in [0.25, 0.3) is 49.4 Å². The van der Waals surface area contributed by atoms with Crippen molar-refractivity contribution < 1.29 is 4.74 Å². The zero-order valence-electron chi connectivity index (χ0n) is 26.8. The van der Waals surface area contributed by atoms with Crippen molar-refractivity contribution in [3.8, 4) is 28.3 Å². The van der Waals surface area contributed by atoms with Crippen LogP contribution in [0.15, 0.2) is 188 Å². The molecule has 0 unspecified atom stereocenters. The average Bonchev–Trinajstić information content (AvgIpc) is 3.52. The molecule has 10 rings (SSSR count). The molecule has 230 valence electrons. The van der Waals surface area contributed by atoms with E-state index in [4.69, 9.17) is 4.74 Å². The highest BCUT2D eigenvalue weighted by Gasteiger charge is 2.45. The van der Waals surface area contributed by atoms with Crippen LogP contribution in [0.4, 0.5) is 0 Å². The molecular formula is C47H31NO. The zero-order chi connectivity index (χ0) is 32.4. The first-order valence-corrected chi connectivity index (χ1v) is 16.9. The molecule has 2 nitrogen and oxygen atoms in total. The number of fused-ring (bicyclic) bond motifs is 7. The number of ether oxygens (including phenoxy) is 1. The van der Waals surface area contributed by atoms with Crippen molar-refractivity contribution in [1.29, 1.82) is 0 Å². The molecule has 0 saturated heterocycles. The first kappa shape index (κ1) is 27.7. The predicted octanol–water partition coefficient (Wildman–Crippen LogP) is 12.1. The molecule has 0 atom stereocenters. The second-order valence-electron chi connectivity index (χ2n) is 12.8. The summed E-state index contributed by atoms with van der Waals surface area (Å²) in [5, 5.41) is 4.99. The maximum absolute atomic E-state index is 6.73. The minimum Gasteiger partial charge on any atom is -0.457 e. The summed E-state index contributed by atoms with van der Waals surface area (Å²) >= 11 is 0. The van der Waals surface area contributed by atoms with Gasteiger partial charge in [-0.05, 0) is 75.5 Å². The number of aromatic nitrogens is 1. The molecule has 0 saturated carbocycles. The van der Waals surface area contributed by atoms with Gasteiger partial charge in [0.05, 0.1) is 16.4 Å². The molecule has 0 spiro atoms. The second-order valence-corrected chi connectivity index (χ2v) is 12.8. The van der Waals surface area contributed by atoms with E-state index in [1.165, 1.54) is 49.3 Å². The summed E-state index contributed by atoms with van der Waals surface area (Å²) in [6.45, 7) is 0. The van der Waals surface area contributed by atoms with Crippen molar-refractivity contribution in [2.24, 2.45) is 0 Å². The van der Waals surface area contributed by atoms with E-state index in [-0.39, 0.29) is 0 Å². The van der Waals surface area contributed by atoms with Crippen molar-refractivity contribution in [2.45, 2.75) is 5.41 Å². The number of hydrogen-bond donors (Lipinski definition) is 0. The Balaban J connectivity index is 1.31. The Morgan fingerprint density at radius 2 is 1.08 bits per heavy atom. The van der Waals surface area contributed by atoms with Crippen LogP contribution in [0.3, 0.4) is 0 Å². The van der Waals surface area contributed by atoms with Gasteiger partial charge in [-0.25, -0.2) is 0 Å². The highest BCUT2D eigenvalue weighted by atomic mass is 16.5. The van der Waals surface area contributed by atoms with Crippen molar-refractivity contribution in [3.63, 3.8) is 0 Å². The van der Waals surface area contributed by atoms with E-state index in [2.05, 4.69) is 193 Å². The monoisotopic (exact) mass is 625 g/mol. The van der Waals surface area contributed by atoms with Crippen molar-refractivity contribution in [3.05, 3.63) is 210 Å². The largest absolute Gasteiger partial charge is 0.457 e. The Kier molecular flexibility index (Phi) is 6.13. The molecule has 8 aromatic carbocycles. The Bertz CT molecular complexity index is 2630. The zero-order valence-corrected chi connectivity index (χ0v) is 26.8. The van der Waals surface area contributed by atoms with Gasteiger partial charge in [-0.15, -0.1) is 0 Å². The Labute approximate surface area is 285 Å². The SMILES string of the molecule is c1ccc(-n2c3ccccc3c3c4c(-c5ccc6c(c5)C(c5ccccc5)(c5ccccc5)c5ccccc5O6)cccc4ccc32)cc1. The van der Waals surface area contributed by atoms with Gasteiger partial charge in [0.2, 0.25) is 0 Å². The first-order valence-electron chi connectivity index (χ1n) is 16.9. The van der Waals surface area contributed by atoms with Crippen LogP contribution in [0.1, 0.15) is 22.3 Å². The maximum atomic E-state index is 6.73. The third kappa shape index (κ3) is 4.01. The number of para-hydroxylation sites is 3. The fourth-order valence-corrected chi connectivity index (χ4v) is 8.31. The lowest BCUT2D eigenvalue weighted by Gasteiger charge is -2.41. The smallest absolute Gasteiger partial charge is 0.132 e. The number of benzene rings is 8. The second kappa shape index (κ2) is 10.8. The minimum atomic E-state index is -0.577. The van der Waals surface area contributed by atoms with Crippen LogP contribution < -0.4 is 4.74 Å². The standard InChI is InChI=1S/C47H31NO/c1-4-16-34(17-5-1)47(35-18-6-2-7-19-35)39-24-11-13-26-43(39)49-44-30-28-33(31-40(44)47)37-23-14-15-32-27-29-42-46(45(32)37)38-22-10-12-25-41(38)48(42)36-20-8-3-9-21-36/h1-31H. The summed E-state index contributed by atoms with van der Waals surface area (Å²) in [6.07, 6.45) is 0. The van der Waals surface area contributed by atoms with Gasteiger partial charge in [-0.1, -0.05) is 146 Å². The molecule has 2 heteroatoms. The molecule has 0 N–H and O–H groups in total. The summed E-state index contributed by atoms with van der Waals surface area (Å²) in [5.41, 5.74) is 10.0. The maximum Gasteiger partial charge on any atom is 0.132 e. The van der Waals surface area contributed by atoms with E-state index in [1.807, 2.05) is 0 Å². The third-order valence-electron chi connectivity index (χ3n) is 10.3. The summed E-state index contributed by atoms with van der Waals surface area (Å²) in [7, 11) is 0. The van der Waals surface area contributed by atoms with Crippen molar-refractivity contribution >= 4 is 32.6 Å².